The molecule has 1 aromatic rings. The van der Waals surface area contributed by atoms with E-state index in [0.717, 1.165) is 25.7 Å². The molecule has 0 bridgehead atoms. The van der Waals surface area contributed by atoms with Gasteiger partial charge in [-0.15, -0.1) is 0 Å². The molecule has 0 spiro atoms. The lowest BCUT2D eigenvalue weighted by Gasteiger charge is -2.19. The second kappa shape index (κ2) is 7.76. The Hall–Kier alpha value is -2.57. The zero-order valence-corrected chi connectivity index (χ0v) is 15.0. The third-order valence-corrected chi connectivity index (χ3v) is 5.07. The summed E-state index contributed by atoms with van der Waals surface area (Å²) in [6, 6.07) is 5.03. The number of methoxy groups -OCH3 is 2. The summed E-state index contributed by atoms with van der Waals surface area (Å²) in [4.78, 5) is 38.3. The highest BCUT2D eigenvalue weighted by molar-refractivity contribution is 6.05. The van der Waals surface area contributed by atoms with Crippen molar-refractivity contribution >= 4 is 17.8 Å². The van der Waals surface area contributed by atoms with Gasteiger partial charge < -0.3 is 14.2 Å². The number of para-hydroxylation sites is 1. The van der Waals surface area contributed by atoms with Crippen molar-refractivity contribution in [1.82, 2.24) is 4.90 Å². The summed E-state index contributed by atoms with van der Waals surface area (Å²) in [5.74, 6) is -0.333. The number of esters is 1. The van der Waals surface area contributed by atoms with Crippen LogP contribution >= 0.6 is 0 Å². The van der Waals surface area contributed by atoms with Crippen LogP contribution < -0.4 is 14.2 Å². The molecule has 2 aliphatic rings. The molecular weight excluding hydrogens is 338 g/mol. The molecule has 3 rings (SSSR count). The zero-order chi connectivity index (χ0) is 18.7. The normalized spacial score (nSPS) is 22.2. The molecule has 0 aromatic heterocycles. The molecule has 1 saturated carbocycles. The smallest absolute Gasteiger partial charge is 0.313 e. The lowest BCUT2D eigenvalue weighted by molar-refractivity contribution is -0.141. The highest BCUT2D eigenvalue weighted by atomic mass is 16.6. The van der Waals surface area contributed by atoms with Gasteiger partial charge in [0.2, 0.25) is 17.6 Å². The predicted octanol–water partition coefficient (Wildman–Crippen LogP) is 2.17. The summed E-state index contributed by atoms with van der Waals surface area (Å²) >= 11 is 0. The Balaban J connectivity index is 1.63. The van der Waals surface area contributed by atoms with Crippen LogP contribution in [0.3, 0.4) is 0 Å². The van der Waals surface area contributed by atoms with Gasteiger partial charge in [-0.25, -0.2) is 0 Å². The Bertz CT molecular complexity index is 670. The Kier molecular flexibility index (Phi) is 5.44. The van der Waals surface area contributed by atoms with Crippen LogP contribution in [0.25, 0.3) is 0 Å². The summed E-state index contributed by atoms with van der Waals surface area (Å²) < 4.78 is 15.7. The van der Waals surface area contributed by atoms with Crippen molar-refractivity contribution in [1.29, 1.82) is 0 Å². The van der Waals surface area contributed by atoms with Crippen LogP contribution in [0.15, 0.2) is 18.2 Å². The van der Waals surface area contributed by atoms with Gasteiger partial charge in [0.1, 0.15) is 0 Å². The number of rotatable bonds is 6. The lowest BCUT2D eigenvalue weighted by atomic mass is 9.81. The second-order valence-corrected chi connectivity index (χ2v) is 6.54. The van der Waals surface area contributed by atoms with Gasteiger partial charge in [0.05, 0.1) is 32.5 Å². The van der Waals surface area contributed by atoms with Crippen LogP contribution in [0.2, 0.25) is 0 Å². The second-order valence-electron chi connectivity index (χ2n) is 6.54. The standard InChI is InChI=1S/C19H23NO6/c1-24-14-8-5-9-15(25-2)17(14)26-16(21)10-11-20-18(22)12-6-3-4-7-13(12)19(20)23/h5,8-9,12-13H,3-4,6-7,10-11H2,1-2H3/t12-,13-/m1/s1. The SMILES string of the molecule is COc1cccc(OC)c1OC(=O)CCN1C(=O)[C@@H]2CCCC[C@H]2C1=O. The van der Waals surface area contributed by atoms with Crippen LogP contribution in [-0.4, -0.2) is 43.4 Å². The maximum Gasteiger partial charge on any atom is 0.313 e. The number of amides is 2. The average molecular weight is 361 g/mol. The van der Waals surface area contributed by atoms with Crippen LogP contribution in [0.1, 0.15) is 32.1 Å². The number of carbonyl (C=O) groups excluding carboxylic acids is 3. The summed E-state index contributed by atoms with van der Waals surface area (Å²) in [5, 5.41) is 0. The van der Waals surface area contributed by atoms with Crippen molar-refractivity contribution in [2.75, 3.05) is 20.8 Å². The van der Waals surface area contributed by atoms with E-state index in [-0.39, 0.29) is 42.4 Å². The number of nitrogens with zero attached hydrogens (tertiary/aromatic N) is 1. The fourth-order valence-electron chi connectivity index (χ4n) is 3.74. The molecule has 26 heavy (non-hydrogen) atoms. The van der Waals surface area contributed by atoms with E-state index < -0.39 is 5.97 Å². The molecule has 0 unspecified atom stereocenters. The Labute approximate surface area is 152 Å². The van der Waals surface area contributed by atoms with Gasteiger partial charge in [-0.3, -0.25) is 19.3 Å². The van der Waals surface area contributed by atoms with E-state index >= 15 is 0 Å². The van der Waals surface area contributed by atoms with Gasteiger partial charge in [0, 0.05) is 6.54 Å². The van der Waals surface area contributed by atoms with Crippen molar-refractivity contribution in [3.8, 4) is 17.2 Å². The molecule has 1 aromatic carbocycles. The maximum atomic E-state index is 12.4. The van der Waals surface area contributed by atoms with E-state index in [0.29, 0.717) is 11.5 Å². The first-order valence-corrected chi connectivity index (χ1v) is 8.83. The largest absolute Gasteiger partial charge is 0.493 e. The first kappa shape index (κ1) is 18.2. The van der Waals surface area contributed by atoms with Crippen LogP contribution in [0.4, 0.5) is 0 Å². The molecule has 2 atom stereocenters. The molecule has 2 fully saturated rings. The molecule has 1 heterocycles. The van der Waals surface area contributed by atoms with Gasteiger partial charge in [0.15, 0.2) is 11.5 Å². The lowest BCUT2D eigenvalue weighted by Crippen LogP contribution is -2.33. The van der Waals surface area contributed by atoms with E-state index in [1.54, 1.807) is 18.2 Å². The number of fused-ring (bicyclic) bond motifs is 1. The Morgan fingerprint density at radius 3 is 2.08 bits per heavy atom. The van der Waals surface area contributed by atoms with Crippen molar-refractivity contribution in [2.24, 2.45) is 11.8 Å². The number of likely N-dealkylation sites (tertiary alicyclic amines) is 1. The molecule has 2 amide bonds. The molecule has 140 valence electrons. The maximum absolute atomic E-state index is 12.4. The fraction of sp³-hybridized carbons (Fsp3) is 0.526. The molecule has 1 saturated heterocycles. The molecule has 1 aliphatic heterocycles. The number of carbonyl (C=O) groups is 3. The van der Waals surface area contributed by atoms with E-state index in [4.69, 9.17) is 14.2 Å². The van der Waals surface area contributed by atoms with E-state index in [1.807, 2.05) is 0 Å². The molecule has 0 N–H and O–H groups in total. The van der Waals surface area contributed by atoms with Gasteiger partial charge >= 0.3 is 5.97 Å². The van der Waals surface area contributed by atoms with E-state index in [1.165, 1.54) is 19.1 Å². The third kappa shape index (κ3) is 3.38. The zero-order valence-electron chi connectivity index (χ0n) is 15.0. The minimum absolute atomic E-state index is 0.0426. The number of hydrogen-bond donors (Lipinski definition) is 0. The predicted molar refractivity (Wildman–Crippen MR) is 92.0 cm³/mol. The highest BCUT2D eigenvalue weighted by Gasteiger charge is 2.47. The number of ether oxygens (including phenoxy) is 3. The molecular formula is C19H23NO6. The van der Waals surface area contributed by atoms with Crippen molar-refractivity contribution in [3.63, 3.8) is 0 Å². The van der Waals surface area contributed by atoms with Crippen LogP contribution in [0, 0.1) is 11.8 Å². The Morgan fingerprint density at radius 1 is 1.04 bits per heavy atom. The first-order valence-electron chi connectivity index (χ1n) is 8.83. The van der Waals surface area contributed by atoms with Crippen molar-refractivity contribution < 1.29 is 28.6 Å². The van der Waals surface area contributed by atoms with Gasteiger partial charge in [0.25, 0.3) is 0 Å². The topological polar surface area (TPSA) is 82.1 Å². The molecule has 1 aliphatic carbocycles. The molecule has 7 heteroatoms. The summed E-state index contributed by atoms with van der Waals surface area (Å²) in [5.41, 5.74) is 0. The molecule has 0 radical (unpaired) electrons. The quantitative estimate of drug-likeness (QED) is 0.439. The fourth-order valence-corrected chi connectivity index (χ4v) is 3.74. The highest BCUT2D eigenvalue weighted by Crippen LogP contribution is 2.39. The van der Waals surface area contributed by atoms with Crippen molar-refractivity contribution in [2.45, 2.75) is 32.1 Å². The van der Waals surface area contributed by atoms with Crippen molar-refractivity contribution in [3.05, 3.63) is 18.2 Å². The monoisotopic (exact) mass is 361 g/mol. The van der Waals surface area contributed by atoms with Gasteiger partial charge in [-0.1, -0.05) is 18.9 Å². The van der Waals surface area contributed by atoms with Gasteiger partial charge in [-0.2, -0.15) is 0 Å². The number of imide groups is 1. The van der Waals surface area contributed by atoms with Gasteiger partial charge in [-0.05, 0) is 25.0 Å². The minimum atomic E-state index is -0.553. The van der Waals surface area contributed by atoms with Crippen LogP contribution in [0.5, 0.6) is 17.2 Å². The minimum Gasteiger partial charge on any atom is -0.493 e. The number of benzene rings is 1. The van der Waals surface area contributed by atoms with E-state index in [2.05, 4.69) is 0 Å². The summed E-state index contributed by atoms with van der Waals surface area (Å²) in [6.07, 6.45) is 3.40. The molecule has 7 nitrogen and oxygen atoms in total. The summed E-state index contributed by atoms with van der Waals surface area (Å²) in [6.45, 7) is 0.0426. The first-order chi connectivity index (χ1) is 12.6. The average Bonchev–Trinajstić information content (AvgIpc) is 2.91. The third-order valence-electron chi connectivity index (χ3n) is 5.07. The van der Waals surface area contributed by atoms with E-state index in [9.17, 15) is 14.4 Å². The Morgan fingerprint density at radius 2 is 1.58 bits per heavy atom. The summed E-state index contributed by atoms with van der Waals surface area (Å²) in [7, 11) is 2.94. The number of hydrogen-bond acceptors (Lipinski definition) is 6. The van der Waals surface area contributed by atoms with Crippen LogP contribution in [-0.2, 0) is 14.4 Å².